The summed E-state index contributed by atoms with van der Waals surface area (Å²) < 4.78 is 2.05. The molecule has 0 fully saturated rings. The van der Waals surface area contributed by atoms with Gasteiger partial charge < -0.3 is 0 Å². The van der Waals surface area contributed by atoms with E-state index in [1.807, 2.05) is 4.68 Å². The van der Waals surface area contributed by atoms with Crippen LogP contribution >= 0.6 is 0 Å². The molecule has 0 amide bonds. The van der Waals surface area contributed by atoms with Crippen molar-refractivity contribution in [1.82, 2.24) is 9.78 Å². The Labute approximate surface area is 97.7 Å². The Hall–Kier alpha value is -1.31. The number of aromatic nitrogens is 2. The molecule has 1 aliphatic rings. The predicted octanol–water partition coefficient (Wildman–Crippen LogP) is 3.63. The second-order valence-electron chi connectivity index (χ2n) is 5.56. The highest BCUT2D eigenvalue weighted by molar-refractivity contribution is 5.26. The van der Waals surface area contributed by atoms with E-state index >= 15 is 0 Å². The van der Waals surface area contributed by atoms with Gasteiger partial charge in [-0.05, 0) is 40.2 Å². The van der Waals surface area contributed by atoms with Gasteiger partial charge in [0.25, 0.3) is 0 Å². The summed E-state index contributed by atoms with van der Waals surface area (Å²) in [5.41, 5.74) is 2.68. The van der Waals surface area contributed by atoms with Gasteiger partial charge in [0.1, 0.15) is 0 Å². The summed E-state index contributed by atoms with van der Waals surface area (Å²) in [6, 6.07) is 2.14. The Morgan fingerprint density at radius 3 is 2.69 bits per heavy atom. The number of hydrogen-bond donors (Lipinski definition) is 0. The van der Waals surface area contributed by atoms with E-state index in [1.54, 1.807) is 0 Å². The lowest BCUT2D eigenvalue weighted by Gasteiger charge is -2.19. The van der Waals surface area contributed by atoms with Crippen LogP contribution < -0.4 is 0 Å². The van der Waals surface area contributed by atoms with Crippen molar-refractivity contribution in [2.24, 2.45) is 0 Å². The number of rotatable bonds is 1. The molecule has 0 aromatic carbocycles. The lowest BCUT2D eigenvalue weighted by atomic mass is 9.93. The van der Waals surface area contributed by atoms with Gasteiger partial charge in [-0.3, -0.25) is 4.68 Å². The summed E-state index contributed by atoms with van der Waals surface area (Å²) in [6.07, 6.45) is 9.73. The topological polar surface area (TPSA) is 17.8 Å². The number of allylic oxidation sites excluding steroid dienone is 4. The van der Waals surface area contributed by atoms with E-state index < -0.39 is 0 Å². The van der Waals surface area contributed by atoms with E-state index in [-0.39, 0.29) is 5.54 Å². The monoisotopic (exact) mass is 216 g/mol. The summed E-state index contributed by atoms with van der Waals surface area (Å²) in [7, 11) is 0. The predicted molar refractivity (Wildman–Crippen MR) is 67.5 cm³/mol. The molecule has 0 N–H and O–H groups in total. The first kappa shape index (κ1) is 11.2. The van der Waals surface area contributed by atoms with Crippen molar-refractivity contribution < 1.29 is 0 Å². The van der Waals surface area contributed by atoms with Gasteiger partial charge in [0.05, 0.1) is 11.2 Å². The van der Waals surface area contributed by atoms with Crippen molar-refractivity contribution in [1.29, 1.82) is 0 Å². The van der Waals surface area contributed by atoms with E-state index in [0.717, 1.165) is 6.42 Å². The fourth-order valence-corrected chi connectivity index (χ4v) is 1.95. The molecule has 0 saturated carbocycles. The van der Waals surface area contributed by atoms with Crippen LogP contribution in [0.1, 0.15) is 45.7 Å². The van der Waals surface area contributed by atoms with Crippen molar-refractivity contribution in [3.05, 3.63) is 41.8 Å². The molecule has 1 aliphatic carbocycles. The van der Waals surface area contributed by atoms with Crippen LogP contribution in [-0.2, 0) is 5.54 Å². The van der Waals surface area contributed by atoms with Crippen LogP contribution in [0, 0.1) is 0 Å². The van der Waals surface area contributed by atoms with E-state index in [9.17, 15) is 0 Å². The van der Waals surface area contributed by atoms with Gasteiger partial charge in [-0.25, -0.2) is 0 Å². The Balaban J connectivity index is 2.20. The highest BCUT2D eigenvalue weighted by atomic mass is 15.3. The first-order valence-electron chi connectivity index (χ1n) is 5.87. The summed E-state index contributed by atoms with van der Waals surface area (Å²) >= 11 is 0. The molecule has 2 nitrogen and oxygen atoms in total. The first-order chi connectivity index (χ1) is 7.47. The van der Waals surface area contributed by atoms with Gasteiger partial charge in [-0.1, -0.05) is 23.8 Å². The third-order valence-electron chi connectivity index (χ3n) is 2.94. The van der Waals surface area contributed by atoms with Crippen LogP contribution in [0.25, 0.3) is 0 Å². The van der Waals surface area contributed by atoms with Crippen molar-refractivity contribution >= 4 is 0 Å². The van der Waals surface area contributed by atoms with Crippen molar-refractivity contribution in [2.75, 3.05) is 0 Å². The lowest BCUT2D eigenvalue weighted by molar-refractivity contribution is 0.352. The van der Waals surface area contributed by atoms with Crippen LogP contribution in [0.4, 0.5) is 0 Å². The quantitative estimate of drug-likeness (QED) is 0.701. The van der Waals surface area contributed by atoms with Crippen LogP contribution in [0.15, 0.2) is 36.1 Å². The van der Waals surface area contributed by atoms with Gasteiger partial charge >= 0.3 is 0 Å². The minimum absolute atomic E-state index is 0.0709. The molecule has 0 radical (unpaired) electrons. The molecular weight excluding hydrogens is 196 g/mol. The molecule has 0 aliphatic heterocycles. The zero-order chi connectivity index (χ0) is 11.8. The number of nitrogens with zero attached hydrogens (tertiary/aromatic N) is 2. The summed E-state index contributed by atoms with van der Waals surface area (Å²) in [5, 5.41) is 4.68. The maximum Gasteiger partial charge on any atom is 0.0696 e. The summed E-state index contributed by atoms with van der Waals surface area (Å²) in [4.78, 5) is 0. The third-order valence-corrected chi connectivity index (χ3v) is 2.94. The van der Waals surface area contributed by atoms with Gasteiger partial charge in [-0.2, -0.15) is 5.10 Å². The van der Waals surface area contributed by atoms with Gasteiger partial charge in [0.2, 0.25) is 0 Å². The molecule has 1 heterocycles. The molecule has 0 spiro atoms. The number of hydrogen-bond acceptors (Lipinski definition) is 1. The van der Waals surface area contributed by atoms with Gasteiger partial charge in [0.15, 0.2) is 0 Å². The van der Waals surface area contributed by atoms with E-state index in [0.29, 0.717) is 5.92 Å². The molecular formula is C14H20N2. The van der Waals surface area contributed by atoms with E-state index in [2.05, 4.69) is 63.3 Å². The molecule has 2 rings (SSSR count). The molecule has 1 atom stereocenters. The zero-order valence-electron chi connectivity index (χ0n) is 10.6. The Morgan fingerprint density at radius 2 is 2.12 bits per heavy atom. The second kappa shape index (κ2) is 3.93. The fraction of sp³-hybridized carbons (Fsp3) is 0.500. The van der Waals surface area contributed by atoms with Crippen molar-refractivity contribution in [2.45, 2.75) is 45.6 Å². The van der Waals surface area contributed by atoms with Crippen LogP contribution in [0.2, 0.25) is 0 Å². The molecule has 1 aromatic heterocycles. The zero-order valence-corrected chi connectivity index (χ0v) is 10.6. The van der Waals surface area contributed by atoms with Gasteiger partial charge in [0, 0.05) is 12.1 Å². The summed E-state index contributed by atoms with van der Waals surface area (Å²) in [5.74, 6) is 0.452. The molecule has 16 heavy (non-hydrogen) atoms. The van der Waals surface area contributed by atoms with Gasteiger partial charge in [-0.15, -0.1) is 0 Å². The standard InChI is InChI=1S/C14H20N2/c1-11-6-5-7-12(10-11)13-8-9-16(15-13)14(2,3)4/h5-9,12H,10H2,1-4H3. The second-order valence-corrected chi connectivity index (χ2v) is 5.56. The molecule has 0 bridgehead atoms. The SMILES string of the molecule is CC1=CC=CC(c2ccn(C(C)(C)C)n2)C1. The average molecular weight is 216 g/mol. The first-order valence-corrected chi connectivity index (χ1v) is 5.87. The highest BCUT2D eigenvalue weighted by Crippen LogP contribution is 2.27. The highest BCUT2D eigenvalue weighted by Gasteiger charge is 2.18. The van der Waals surface area contributed by atoms with Crippen molar-refractivity contribution in [3.8, 4) is 0 Å². The average Bonchev–Trinajstić information content (AvgIpc) is 2.65. The van der Waals surface area contributed by atoms with Crippen LogP contribution in [-0.4, -0.2) is 9.78 Å². The fourth-order valence-electron chi connectivity index (χ4n) is 1.95. The molecule has 0 saturated heterocycles. The third kappa shape index (κ3) is 2.26. The summed E-state index contributed by atoms with van der Waals surface area (Å²) in [6.45, 7) is 8.69. The molecule has 2 heteroatoms. The molecule has 86 valence electrons. The minimum Gasteiger partial charge on any atom is -0.267 e. The lowest BCUT2D eigenvalue weighted by Crippen LogP contribution is -2.22. The Kier molecular flexibility index (Phi) is 2.75. The normalized spacial score (nSPS) is 21.0. The molecule has 1 aromatic rings. The maximum atomic E-state index is 4.68. The molecule has 1 unspecified atom stereocenters. The Morgan fingerprint density at radius 1 is 1.38 bits per heavy atom. The van der Waals surface area contributed by atoms with Crippen LogP contribution in [0.3, 0.4) is 0 Å². The van der Waals surface area contributed by atoms with Crippen molar-refractivity contribution in [3.63, 3.8) is 0 Å². The maximum absolute atomic E-state index is 4.68. The van der Waals surface area contributed by atoms with Crippen LogP contribution in [0.5, 0.6) is 0 Å². The largest absolute Gasteiger partial charge is 0.267 e. The Bertz CT molecular complexity index is 430. The minimum atomic E-state index is 0.0709. The van der Waals surface area contributed by atoms with E-state index in [1.165, 1.54) is 11.3 Å². The smallest absolute Gasteiger partial charge is 0.0696 e. The van der Waals surface area contributed by atoms with E-state index in [4.69, 9.17) is 0 Å².